The lowest BCUT2D eigenvalue weighted by Gasteiger charge is -2.30. The third-order valence-corrected chi connectivity index (χ3v) is 6.85. The maximum absolute atomic E-state index is 12.9. The van der Waals surface area contributed by atoms with Gasteiger partial charge in [0, 0.05) is 25.9 Å². The number of piperidine rings is 1. The summed E-state index contributed by atoms with van der Waals surface area (Å²) < 4.78 is 32.4. The fourth-order valence-corrected chi connectivity index (χ4v) is 4.66. The SMILES string of the molecule is Cc1nnc(NC(=O)C2CCN(S(=O)(=O)c3ccc(C(C)(C)C)cc3)CC2)o1. The summed E-state index contributed by atoms with van der Waals surface area (Å²) in [5.74, 6) is -0.147. The number of carbonyl (C=O) groups excluding carboxylic acids is 1. The van der Waals surface area contributed by atoms with Crippen LogP contribution in [0.15, 0.2) is 33.6 Å². The molecule has 0 unspecified atom stereocenters. The highest BCUT2D eigenvalue weighted by Gasteiger charge is 2.32. The van der Waals surface area contributed by atoms with Crippen molar-refractivity contribution in [1.82, 2.24) is 14.5 Å². The van der Waals surface area contributed by atoms with Gasteiger partial charge < -0.3 is 4.42 Å². The second kappa shape index (κ2) is 7.63. The number of hydrogen-bond donors (Lipinski definition) is 1. The van der Waals surface area contributed by atoms with Crippen LogP contribution >= 0.6 is 0 Å². The number of nitrogens with zero attached hydrogens (tertiary/aromatic N) is 3. The molecule has 1 aliphatic rings. The van der Waals surface area contributed by atoms with Gasteiger partial charge in [0.2, 0.25) is 21.8 Å². The smallest absolute Gasteiger partial charge is 0.322 e. The predicted molar refractivity (Wildman–Crippen MR) is 104 cm³/mol. The van der Waals surface area contributed by atoms with Crippen molar-refractivity contribution in [3.63, 3.8) is 0 Å². The van der Waals surface area contributed by atoms with E-state index in [4.69, 9.17) is 4.42 Å². The minimum absolute atomic E-state index is 0.0368. The van der Waals surface area contributed by atoms with Gasteiger partial charge in [0.25, 0.3) is 0 Å². The molecule has 2 aromatic rings. The van der Waals surface area contributed by atoms with Gasteiger partial charge in [-0.2, -0.15) is 4.31 Å². The monoisotopic (exact) mass is 406 g/mol. The Hall–Kier alpha value is -2.26. The summed E-state index contributed by atoms with van der Waals surface area (Å²) in [6.45, 7) is 8.49. The van der Waals surface area contributed by atoms with Gasteiger partial charge in [0.1, 0.15) is 0 Å². The summed E-state index contributed by atoms with van der Waals surface area (Å²) in [4.78, 5) is 12.6. The molecule has 0 saturated carbocycles. The van der Waals surface area contributed by atoms with Crippen molar-refractivity contribution in [2.45, 2.75) is 50.8 Å². The Morgan fingerprint density at radius 1 is 1.14 bits per heavy atom. The van der Waals surface area contributed by atoms with E-state index >= 15 is 0 Å². The Kier molecular flexibility index (Phi) is 5.58. The Morgan fingerprint density at radius 2 is 1.75 bits per heavy atom. The standard InChI is InChI=1S/C19H26N4O4S/c1-13-21-22-18(27-13)20-17(24)14-9-11-23(12-10-14)28(25,26)16-7-5-15(6-8-16)19(2,3)4/h5-8,14H,9-12H2,1-4H3,(H,20,22,24). The van der Waals surface area contributed by atoms with Crippen LogP contribution in [0, 0.1) is 12.8 Å². The molecule has 152 valence electrons. The van der Waals surface area contributed by atoms with Gasteiger partial charge in [-0.05, 0) is 36.0 Å². The van der Waals surface area contributed by atoms with Gasteiger partial charge in [-0.25, -0.2) is 8.42 Å². The Labute approximate surface area is 165 Å². The van der Waals surface area contributed by atoms with Crippen LogP contribution in [0.25, 0.3) is 0 Å². The number of anilines is 1. The zero-order chi connectivity index (χ0) is 20.5. The number of amides is 1. The van der Waals surface area contributed by atoms with Crippen molar-refractivity contribution in [3.8, 4) is 0 Å². The zero-order valence-corrected chi connectivity index (χ0v) is 17.4. The molecular formula is C19H26N4O4S. The average Bonchev–Trinajstić information content (AvgIpc) is 3.06. The van der Waals surface area contributed by atoms with Crippen LogP contribution < -0.4 is 5.32 Å². The fraction of sp³-hybridized carbons (Fsp3) is 0.526. The lowest BCUT2D eigenvalue weighted by atomic mass is 9.87. The van der Waals surface area contributed by atoms with Gasteiger partial charge in [0.05, 0.1) is 4.90 Å². The van der Waals surface area contributed by atoms with Crippen molar-refractivity contribution in [2.24, 2.45) is 5.92 Å². The minimum atomic E-state index is -3.57. The van der Waals surface area contributed by atoms with E-state index < -0.39 is 10.0 Å². The van der Waals surface area contributed by atoms with E-state index in [0.29, 0.717) is 31.8 Å². The van der Waals surface area contributed by atoms with Crippen molar-refractivity contribution in [3.05, 3.63) is 35.7 Å². The average molecular weight is 407 g/mol. The molecule has 8 nitrogen and oxygen atoms in total. The molecule has 0 spiro atoms. The molecule has 0 radical (unpaired) electrons. The second-order valence-corrected chi connectivity index (χ2v) is 10.0. The molecule has 9 heteroatoms. The van der Waals surface area contributed by atoms with Gasteiger partial charge in [-0.15, -0.1) is 5.10 Å². The van der Waals surface area contributed by atoms with E-state index in [1.54, 1.807) is 19.1 Å². The quantitative estimate of drug-likeness (QED) is 0.837. The molecule has 0 aliphatic carbocycles. The van der Waals surface area contributed by atoms with Gasteiger partial charge in [-0.1, -0.05) is 38.0 Å². The van der Waals surface area contributed by atoms with Crippen LogP contribution in [0.4, 0.5) is 6.01 Å². The summed E-state index contributed by atoms with van der Waals surface area (Å²) in [5, 5.41) is 10.00. The van der Waals surface area contributed by atoms with Gasteiger partial charge >= 0.3 is 6.01 Å². The molecular weight excluding hydrogens is 380 g/mol. The Morgan fingerprint density at radius 3 is 2.25 bits per heavy atom. The van der Waals surface area contributed by atoms with E-state index in [-0.39, 0.29) is 28.2 Å². The molecule has 3 rings (SSSR count). The van der Waals surface area contributed by atoms with Crippen LogP contribution in [-0.4, -0.2) is 41.9 Å². The normalized spacial score (nSPS) is 16.9. The van der Waals surface area contributed by atoms with E-state index in [1.807, 2.05) is 12.1 Å². The summed E-state index contributed by atoms with van der Waals surface area (Å²) in [6, 6.07) is 7.11. The highest BCUT2D eigenvalue weighted by atomic mass is 32.2. The Bertz CT molecular complexity index is 937. The van der Waals surface area contributed by atoms with Crippen molar-refractivity contribution in [2.75, 3.05) is 18.4 Å². The molecule has 0 atom stereocenters. The molecule has 1 fully saturated rings. The predicted octanol–water partition coefficient (Wildman–Crippen LogP) is 2.71. The molecule has 1 N–H and O–H groups in total. The minimum Gasteiger partial charge on any atom is -0.408 e. The first-order valence-corrected chi connectivity index (χ1v) is 10.7. The molecule has 28 heavy (non-hydrogen) atoms. The number of rotatable bonds is 4. The number of carbonyl (C=O) groups is 1. The summed E-state index contributed by atoms with van der Waals surface area (Å²) in [5.41, 5.74) is 1.04. The highest BCUT2D eigenvalue weighted by molar-refractivity contribution is 7.89. The van der Waals surface area contributed by atoms with Crippen molar-refractivity contribution >= 4 is 21.9 Å². The van der Waals surface area contributed by atoms with Crippen LogP contribution in [0.1, 0.15) is 45.1 Å². The van der Waals surface area contributed by atoms with Crippen LogP contribution in [0.5, 0.6) is 0 Å². The topological polar surface area (TPSA) is 105 Å². The van der Waals surface area contributed by atoms with Gasteiger partial charge in [-0.3, -0.25) is 10.1 Å². The van der Waals surface area contributed by atoms with E-state index in [1.165, 1.54) is 4.31 Å². The highest BCUT2D eigenvalue weighted by Crippen LogP contribution is 2.27. The molecule has 1 aromatic carbocycles. The lowest BCUT2D eigenvalue weighted by Crippen LogP contribution is -2.41. The summed E-state index contributed by atoms with van der Waals surface area (Å²) in [7, 11) is -3.57. The Balaban J connectivity index is 1.62. The van der Waals surface area contributed by atoms with Crippen LogP contribution in [0.2, 0.25) is 0 Å². The number of aryl methyl sites for hydroxylation is 1. The largest absolute Gasteiger partial charge is 0.408 e. The van der Waals surface area contributed by atoms with Gasteiger partial charge in [0.15, 0.2) is 0 Å². The van der Waals surface area contributed by atoms with E-state index in [9.17, 15) is 13.2 Å². The molecule has 2 heterocycles. The summed E-state index contributed by atoms with van der Waals surface area (Å²) >= 11 is 0. The molecule has 1 aromatic heterocycles. The summed E-state index contributed by atoms with van der Waals surface area (Å²) in [6.07, 6.45) is 0.885. The first-order valence-electron chi connectivity index (χ1n) is 9.29. The number of hydrogen-bond acceptors (Lipinski definition) is 6. The molecule has 0 bridgehead atoms. The third-order valence-electron chi connectivity index (χ3n) is 4.94. The maximum Gasteiger partial charge on any atom is 0.322 e. The van der Waals surface area contributed by atoms with Crippen molar-refractivity contribution < 1.29 is 17.6 Å². The fourth-order valence-electron chi connectivity index (χ4n) is 3.19. The lowest BCUT2D eigenvalue weighted by molar-refractivity contribution is -0.121. The molecule has 1 amide bonds. The molecule has 1 saturated heterocycles. The number of sulfonamides is 1. The van der Waals surface area contributed by atoms with Crippen molar-refractivity contribution in [1.29, 1.82) is 0 Å². The number of nitrogens with one attached hydrogen (secondary N) is 1. The van der Waals surface area contributed by atoms with E-state index in [2.05, 4.69) is 36.3 Å². The maximum atomic E-state index is 12.9. The first-order chi connectivity index (χ1) is 13.1. The number of benzene rings is 1. The third kappa shape index (κ3) is 4.41. The van der Waals surface area contributed by atoms with Crippen LogP contribution in [-0.2, 0) is 20.2 Å². The number of aromatic nitrogens is 2. The molecule has 1 aliphatic heterocycles. The first kappa shape index (κ1) is 20.5. The van der Waals surface area contributed by atoms with E-state index in [0.717, 1.165) is 5.56 Å². The zero-order valence-electron chi connectivity index (χ0n) is 16.6. The van der Waals surface area contributed by atoms with Crippen LogP contribution in [0.3, 0.4) is 0 Å². The second-order valence-electron chi connectivity index (χ2n) is 8.07.